The average molecular weight is 383 g/mol. The number of halogens is 1. The molecule has 0 saturated carbocycles. The van der Waals surface area contributed by atoms with Gasteiger partial charge in [0.05, 0.1) is 12.1 Å². The second kappa shape index (κ2) is 6.94. The summed E-state index contributed by atoms with van der Waals surface area (Å²) in [6, 6.07) is 6.35. The van der Waals surface area contributed by atoms with E-state index in [-0.39, 0.29) is 18.0 Å². The highest BCUT2D eigenvalue weighted by molar-refractivity contribution is 6.31. The van der Waals surface area contributed by atoms with Gasteiger partial charge in [-0.1, -0.05) is 11.6 Å². The molecule has 27 heavy (non-hydrogen) atoms. The summed E-state index contributed by atoms with van der Waals surface area (Å²) in [7, 11) is 0. The van der Waals surface area contributed by atoms with Crippen molar-refractivity contribution in [1.29, 1.82) is 5.26 Å². The lowest BCUT2D eigenvalue weighted by Crippen LogP contribution is -2.43. The summed E-state index contributed by atoms with van der Waals surface area (Å²) < 4.78 is 2.16. The minimum absolute atomic E-state index is 0.0608. The van der Waals surface area contributed by atoms with Crippen LogP contribution in [0, 0.1) is 11.5 Å². The highest BCUT2D eigenvalue weighted by Gasteiger charge is 2.46. The minimum Gasteiger partial charge on any atom is -0.347 e. The van der Waals surface area contributed by atoms with Crippen LogP contribution in [0.4, 0.5) is 0 Å². The number of aromatic nitrogens is 1. The van der Waals surface area contributed by atoms with Gasteiger partial charge in [-0.05, 0) is 57.4 Å². The van der Waals surface area contributed by atoms with E-state index < -0.39 is 0 Å². The number of aryl methyl sites for hydroxylation is 1. The Labute approximate surface area is 164 Å². The van der Waals surface area contributed by atoms with Crippen LogP contribution in [0.2, 0.25) is 5.02 Å². The van der Waals surface area contributed by atoms with Gasteiger partial charge in [0.15, 0.2) is 6.19 Å². The SMILES string of the molecule is CCn1cc(/C=C(\C)C(=O)N[C@@H]2C[C@@H]3CC[C@H]2N3C#N)c2cc(Cl)ccc21. The molecule has 0 aliphatic carbocycles. The number of amides is 1. The highest BCUT2D eigenvalue weighted by atomic mass is 35.5. The largest absolute Gasteiger partial charge is 0.347 e. The lowest BCUT2D eigenvalue weighted by Gasteiger charge is -2.22. The standard InChI is InChI=1S/C21H23ClN4O/c1-3-25-11-14(17-9-15(22)4-6-19(17)25)8-13(2)21(27)24-18-10-16-5-7-20(18)26(16)12-23/h4,6,8-9,11,16,18,20H,3,5,7,10H2,1-2H3,(H,24,27)/b13-8+/t16-,18+,20+/m0/s1. The summed E-state index contributed by atoms with van der Waals surface area (Å²) in [4.78, 5) is 14.6. The minimum atomic E-state index is -0.0649. The van der Waals surface area contributed by atoms with Crippen molar-refractivity contribution < 1.29 is 4.79 Å². The number of rotatable bonds is 4. The highest BCUT2D eigenvalue weighted by Crippen LogP contribution is 2.37. The van der Waals surface area contributed by atoms with E-state index in [9.17, 15) is 10.1 Å². The van der Waals surface area contributed by atoms with Gasteiger partial charge in [0, 0.05) is 45.8 Å². The third kappa shape index (κ3) is 3.08. The number of benzene rings is 1. The summed E-state index contributed by atoms with van der Waals surface area (Å²) in [5.41, 5.74) is 2.77. The lowest BCUT2D eigenvalue weighted by molar-refractivity contribution is -0.118. The second-order valence-corrected chi connectivity index (χ2v) is 7.92. The molecule has 2 aliphatic heterocycles. The molecule has 0 spiro atoms. The molecule has 140 valence electrons. The van der Waals surface area contributed by atoms with Gasteiger partial charge < -0.3 is 14.8 Å². The van der Waals surface area contributed by atoms with Crippen molar-refractivity contribution in [3.8, 4) is 6.19 Å². The van der Waals surface area contributed by atoms with Crippen molar-refractivity contribution in [2.45, 2.75) is 57.8 Å². The number of nitrogens with one attached hydrogen (secondary N) is 1. The van der Waals surface area contributed by atoms with E-state index >= 15 is 0 Å². The number of nitriles is 1. The van der Waals surface area contributed by atoms with E-state index in [0.717, 1.165) is 42.3 Å². The van der Waals surface area contributed by atoms with Gasteiger partial charge in [-0.3, -0.25) is 4.79 Å². The van der Waals surface area contributed by atoms with Crippen LogP contribution in [0.15, 0.2) is 30.0 Å². The Bertz CT molecular complexity index is 970. The van der Waals surface area contributed by atoms with E-state index in [1.54, 1.807) is 0 Å². The Hall–Kier alpha value is -2.45. The average Bonchev–Trinajstić information content (AvgIpc) is 3.31. The molecule has 2 saturated heterocycles. The molecule has 1 amide bonds. The molecular formula is C21H23ClN4O. The van der Waals surface area contributed by atoms with Crippen LogP contribution in [0.3, 0.4) is 0 Å². The van der Waals surface area contributed by atoms with Gasteiger partial charge in [-0.15, -0.1) is 0 Å². The van der Waals surface area contributed by atoms with Crippen LogP contribution >= 0.6 is 11.6 Å². The van der Waals surface area contributed by atoms with Crippen LogP contribution in [-0.4, -0.2) is 33.5 Å². The van der Waals surface area contributed by atoms with Gasteiger partial charge in [-0.2, -0.15) is 5.26 Å². The molecule has 4 rings (SSSR count). The first-order valence-corrected chi connectivity index (χ1v) is 9.85. The predicted octanol–water partition coefficient (Wildman–Crippen LogP) is 3.92. The van der Waals surface area contributed by atoms with Crippen LogP contribution < -0.4 is 5.32 Å². The summed E-state index contributed by atoms with van der Waals surface area (Å²) >= 11 is 6.18. The third-order valence-electron chi connectivity index (χ3n) is 5.91. The summed E-state index contributed by atoms with van der Waals surface area (Å²) in [5.74, 6) is -0.0649. The quantitative estimate of drug-likeness (QED) is 0.644. The topological polar surface area (TPSA) is 61.1 Å². The number of hydrogen-bond donors (Lipinski definition) is 1. The van der Waals surface area contributed by atoms with E-state index in [0.29, 0.717) is 16.6 Å². The zero-order valence-electron chi connectivity index (χ0n) is 15.6. The number of carbonyl (C=O) groups is 1. The fourth-order valence-corrected chi connectivity index (χ4v) is 4.73. The molecule has 1 aromatic carbocycles. The number of nitrogens with zero attached hydrogens (tertiary/aromatic N) is 3. The third-order valence-corrected chi connectivity index (χ3v) is 6.15. The second-order valence-electron chi connectivity index (χ2n) is 7.48. The van der Waals surface area contributed by atoms with Crippen molar-refractivity contribution in [3.63, 3.8) is 0 Å². The molecule has 3 heterocycles. The molecule has 6 heteroatoms. The number of hydrogen-bond acceptors (Lipinski definition) is 3. The van der Waals surface area contributed by atoms with Gasteiger partial charge in [0.1, 0.15) is 0 Å². The van der Waals surface area contributed by atoms with Gasteiger partial charge in [0.25, 0.3) is 0 Å². The first kappa shape index (κ1) is 17.9. The Kier molecular flexibility index (Phi) is 4.61. The van der Waals surface area contributed by atoms with Crippen molar-refractivity contribution in [3.05, 3.63) is 40.6 Å². The fraction of sp³-hybridized carbons (Fsp3) is 0.429. The zero-order valence-corrected chi connectivity index (χ0v) is 16.3. The van der Waals surface area contributed by atoms with Crippen LogP contribution in [0.25, 0.3) is 17.0 Å². The van der Waals surface area contributed by atoms with E-state index in [1.807, 2.05) is 36.1 Å². The van der Waals surface area contributed by atoms with E-state index in [4.69, 9.17) is 11.6 Å². The van der Waals surface area contributed by atoms with Gasteiger partial charge >= 0.3 is 0 Å². The summed E-state index contributed by atoms with van der Waals surface area (Å²) in [5, 5.41) is 14.2. The Morgan fingerprint density at radius 1 is 1.44 bits per heavy atom. The molecular weight excluding hydrogens is 360 g/mol. The molecule has 0 unspecified atom stereocenters. The van der Waals surface area contributed by atoms with Crippen LogP contribution in [0.5, 0.6) is 0 Å². The van der Waals surface area contributed by atoms with Gasteiger partial charge in [0.2, 0.25) is 5.91 Å². The van der Waals surface area contributed by atoms with Gasteiger partial charge in [-0.25, -0.2) is 0 Å². The van der Waals surface area contributed by atoms with E-state index in [1.165, 1.54) is 0 Å². The molecule has 1 N–H and O–H groups in total. The molecule has 3 atom stereocenters. The maximum Gasteiger partial charge on any atom is 0.247 e. The molecule has 2 bridgehead atoms. The summed E-state index contributed by atoms with van der Waals surface area (Å²) in [6.07, 6.45) is 9.17. The normalized spacial score (nSPS) is 24.4. The van der Waals surface area contributed by atoms with Crippen molar-refractivity contribution in [2.75, 3.05) is 0 Å². The molecule has 2 fully saturated rings. The summed E-state index contributed by atoms with van der Waals surface area (Å²) in [6.45, 7) is 4.79. The Balaban J connectivity index is 1.56. The number of fused-ring (bicyclic) bond motifs is 3. The molecule has 1 aromatic heterocycles. The molecule has 2 aromatic rings. The maximum absolute atomic E-state index is 12.7. The lowest BCUT2D eigenvalue weighted by atomic mass is 9.95. The fourth-order valence-electron chi connectivity index (χ4n) is 4.55. The Morgan fingerprint density at radius 3 is 2.96 bits per heavy atom. The van der Waals surface area contributed by atoms with Crippen LogP contribution in [-0.2, 0) is 11.3 Å². The van der Waals surface area contributed by atoms with Crippen molar-refractivity contribution in [1.82, 2.24) is 14.8 Å². The molecule has 0 radical (unpaired) electrons. The van der Waals surface area contributed by atoms with Crippen molar-refractivity contribution in [2.24, 2.45) is 0 Å². The van der Waals surface area contributed by atoms with Crippen molar-refractivity contribution >= 4 is 34.5 Å². The van der Waals surface area contributed by atoms with Crippen LogP contribution in [0.1, 0.15) is 38.7 Å². The zero-order chi connectivity index (χ0) is 19.1. The van der Waals surface area contributed by atoms with E-state index in [2.05, 4.69) is 29.2 Å². The first-order chi connectivity index (χ1) is 13.0. The maximum atomic E-state index is 12.7. The monoisotopic (exact) mass is 382 g/mol. The smallest absolute Gasteiger partial charge is 0.247 e. The predicted molar refractivity (Wildman–Crippen MR) is 107 cm³/mol. The number of carbonyl (C=O) groups excluding carboxylic acids is 1. The molecule has 5 nitrogen and oxygen atoms in total. The molecule has 2 aliphatic rings. The first-order valence-electron chi connectivity index (χ1n) is 9.47. The Morgan fingerprint density at radius 2 is 2.26 bits per heavy atom.